The molecule has 0 spiro atoms. The summed E-state index contributed by atoms with van der Waals surface area (Å²) in [5.74, 6) is 6.13. The van der Waals surface area contributed by atoms with Gasteiger partial charge in [-0.2, -0.15) is 0 Å². The van der Waals surface area contributed by atoms with E-state index in [2.05, 4.69) is 18.8 Å². The van der Waals surface area contributed by atoms with Gasteiger partial charge in [0.15, 0.2) is 5.60 Å². The number of hydrogen-bond acceptors (Lipinski definition) is 2. The third kappa shape index (κ3) is 3.45. The lowest BCUT2D eigenvalue weighted by molar-refractivity contribution is 0.146. The first-order valence-electron chi connectivity index (χ1n) is 7.31. The van der Waals surface area contributed by atoms with Gasteiger partial charge in [0.05, 0.1) is 0 Å². The van der Waals surface area contributed by atoms with Crippen molar-refractivity contribution in [2.24, 2.45) is 0 Å². The fraction of sp³-hybridized carbons (Fsp3) is 0.263. The van der Waals surface area contributed by atoms with Crippen LogP contribution >= 0.6 is 0 Å². The number of nitrogens with two attached hydrogens (primary N) is 1. The Morgan fingerprint density at radius 2 is 1.71 bits per heavy atom. The van der Waals surface area contributed by atoms with Crippen LogP contribution in [-0.2, 0) is 5.60 Å². The highest BCUT2D eigenvalue weighted by Gasteiger charge is 2.31. The van der Waals surface area contributed by atoms with Gasteiger partial charge in [0.2, 0.25) is 0 Å². The van der Waals surface area contributed by atoms with E-state index in [9.17, 15) is 5.11 Å². The number of rotatable bonds is 4. The number of benzene rings is 2. The summed E-state index contributed by atoms with van der Waals surface area (Å²) in [6.07, 6.45) is 2.90. The monoisotopic (exact) mass is 279 g/mol. The van der Waals surface area contributed by atoms with Crippen molar-refractivity contribution in [3.05, 3.63) is 65.7 Å². The van der Waals surface area contributed by atoms with Crippen LogP contribution in [0.4, 0.5) is 5.69 Å². The van der Waals surface area contributed by atoms with E-state index in [0.29, 0.717) is 11.3 Å². The van der Waals surface area contributed by atoms with Gasteiger partial charge in [-0.1, -0.05) is 73.7 Å². The minimum absolute atomic E-state index is 0.550. The molecule has 21 heavy (non-hydrogen) atoms. The Balaban J connectivity index is 2.49. The molecule has 0 amide bonds. The molecule has 0 aromatic heterocycles. The van der Waals surface area contributed by atoms with E-state index in [1.807, 2.05) is 48.5 Å². The summed E-state index contributed by atoms with van der Waals surface area (Å²) in [5.41, 5.74) is 6.62. The molecule has 0 heterocycles. The standard InChI is InChI=1S/C19H21NO/c1-2-3-4-10-15-19(21,16-11-6-5-7-12-16)17-13-8-9-14-18(17)20/h5-9,11-14,21H,2-4,20H2,1H3. The van der Waals surface area contributed by atoms with Crippen molar-refractivity contribution in [1.82, 2.24) is 0 Å². The molecular formula is C19H21NO. The third-order valence-corrected chi connectivity index (χ3v) is 3.47. The molecule has 1 unspecified atom stereocenters. The molecule has 108 valence electrons. The fourth-order valence-corrected chi connectivity index (χ4v) is 2.26. The zero-order valence-corrected chi connectivity index (χ0v) is 12.3. The minimum Gasteiger partial charge on any atom is -0.398 e. The van der Waals surface area contributed by atoms with Crippen LogP contribution in [0.1, 0.15) is 37.3 Å². The van der Waals surface area contributed by atoms with Crippen LogP contribution in [0.25, 0.3) is 0 Å². The van der Waals surface area contributed by atoms with Gasteiger partial charge in [-0.15, -0.1) is 0 Å². The smallest absolute Gasteiger partial charge is 0.178 e. The predicted molar refractivity (Wildman–Crippen MR) is 87.6 cm³/mol. The molecule has 0 aliphatic heterocycles. The fourth-order valence-electron chi connectivity index (χ4n) is 2.26. The predicted octanol–water partition coefficient (Wildman–Crippen LogP) is 3.70. The lowest BCUT2D eigenvalue weighted by Gasteiger charge is -2.25. The zero-order valence-electron chi connectivity index (χ0n) is 12.3. The lowest BCUT2D eigenvalue weighted by Crippen LogP contribution is -2.26. The molecule has 2 rings (SSSR count). The van der Waals surface area contributed by atoms with Crippen LogP contribution in [0.3, 0.4) is 0 Å². The first kappa shape index (κ1) is 15.2. The zero-order chi connectivity index (χ0) is 15.1. The SMILES string of the molecule is CCCCC#CC(O)(c1ccccc1)c1ccccc1N. The molecule has 2 aromatic carbocycles. The maximum Gasteiger partial charge on any atom is 0.178 e. The van der Waals surface area contributed by atoms with Crippen molar-refractivity contribution >= 4 is 5.69 Å². The van der Waals surface area contributed by atoms with Gasteiger partial charge in [0, 0.05) is 23.2 Å². The lowest BCUT2D eigenvalue weighted by atomic mass is 9.85. The number of nitrogen functional groups attached to an aromatic ring is 1. The number of unbranched alkanes of at least 4 members (excludes halogenated alkanes) is 2. The Hall–Kier alpha value is -2.24. The molecule has 0 fully saturated rings. The second-order valence-corrected chi connectivity index (χ2v) is 5.07. The molecule has 2 aromatic rings. The van der Waals surface area contributed by atoms with Gasteiger partial charge < -0.3 is 10.8 Å². The maximum absolute atomic E-state index is 11.2. The van der Waals surface area contributed by atoms with Crippen LogP contribution in [-0.4, -0.2) is 5.11 Å². The van der Waals surface area contributed by atoms with E-state index in [4.69, 9.17) is 5.73 Å². The Labute approximate surface area is 126 Å². The average Bonchev–Trinajstić information content (AvgIpc) is 2.53. The van der Waals surface area contributed by atoms with Gasteiger partial charge in [-0.3, -0.25) is 0 Å². The van der Waals surface area contributed by atoms with Gasteiger partial charge in [-0.05, 0) is 12.5 Å². The van der Waals surface area contributed by atoms with Gasteiger partial charge in [0.1, 0.15) is 0 Å². The molecular weight excluding hydrogens is 258 g/mol. The van der Waals surface area contributed by atoms with E-state index >= 15 is 0 Å². The van der Waals surface area contributed by atoms with Gasteiger partial charge >= 0.3 is 0 Å². The molecule has 3 N–H and O–H groups in total. The number of hydrogen-bond donors (Lipinski definition) is 2. The number of para-hydroxylation sites is 1. The van der Waals surface area contributed by atoms with E-state index < -0.39 is 5.60 Å². The normalized spacial score (nSPS) is 13.0. The topological polar surface area (TPSA) is 46.2 Å². The first-order valence-corrected chi connectivity index (χ1v) is 7.31. The van der Waals surface area contributed by atoms with Crippen LogP contribution in [0, 0.1) is 11.8 Å². The Kier molecular flexibility index (Phi) is 5.03. The van der Waals surface area contributed by atoms with Crippen molar-refractivity contribution in [2.45, 2.75) is 31.8 Å². The molecule has 0 aliphatic carbocycles. The molecule has 2 nitrogen and oxygen atoms in total. The van der Waals surface area contributed by atoms with Crippen molar-refractivity contribution in [3.63, 3.8) is 0 Å². The number of anilines is 1. The Morgan fingerprint density at radius 1 is 1.05 bits per heavy atom. The Bertz CT molecular complexity index is 639. The van der Waals surface area contributed by atoms with E-state index in [-0.39, 0.29) is 0 Å². The molecule has 0 saturated heterocycles. The summed E-state index contributed by atoms with van der Waals surface area (Å²) < 4.78 is 0. The van der Waals surface area contributed by atoms with Gasteiger partial charge in [0.25, 0.3) is 0 Å². The highest BCUT2D eigenvalue weighted by Crippen LogP contribution is 2.32. The molecule has 0 aliphatic rings. The van der Waals surface area contributed by atoms with E-state index in [1.165, 1.54) is 0 Å². The summed E-state index contributed by atoms with van der Waals surface area (Å²) in [7, 11) is 0. The summed E-state index contributed by atoms with van der Waals surface area (Å²) in [6.45, 7) is 2.13. The average molecular weight is 279 g/mol. The van der Waals surface area contributed by atoms with Crippen molar-refractivity contribution in [1.29, 1.82) is 0 Å². The molecule has 0 bridgehead atoms. The van der Waals surface area contributed by atoms with Crippen LogP contribution in [0.5, 0.6) is 0 Å². The summed E-state index contributed by atoms with van der Waals surface area (Å²) in [6, 6.07) is 16.8. The van der Waals surface area contributed by atoms with Crippen LogP contribution in [0.2, 0.25) is 0 Å². The van der Waals surface area contributed by atoms with E-state index in [1.54, 1.807) is 6.07 Å². The molecule has 2 heteroatoms. The van der Waals surface area contributed by atoms with Crippen molar-refractivity contribution in [2.75, 3.05) is 5.73 Å². The largest absolute Gasteiger partial charge is 0.398 e. The van der Waals surface area contributed by atoms with Crippen molar-refractivity contribution in [3.8, 4) is 11.8 Å². The number of aliphatic hydroxyl groups is 1. The summed E-state index contributed by atoms with van der Waals surface area (Å²) in [5, 5.41) is 11.2. The van der Waals surface area contributed by atoms with Crippen LogP contribution < -0.4 is 5.73 Å². The second kappa shape index (κ2) is 6.97. The molecule has 1 atom stereocenters. The molecule has 0 saturated carbocycles. The third-order valence-electron chi connectivity index (χ3n) is 3.47. The van der Waals surface area contributed by atoms with Gasteiger partial charge in [-0.25, -0.2) is 0 Å². The summed E-state index contributed by atoms with van der Waals surface area (Å²) in [4.78, 5) is 0. The highest BCUT2D eigenvalue weighted by molar-refractivity contribution is 5.57. The Morgan fingerprint density at radius 3 is 2.38 bits per heavy atom. The molecule has 0 radical (unpaired) electrons. The van der Waals surface area contributed by atoms with Crippen LogP contribution in [0.15, 0.2) is 54.6 Å². The first-order chi connectivity index (χ1) is 10.2. The highest BCUT2D eigenvalue weighted by atomic mass is 16.3. The maximum atomic E-state index is 11.2. The summed E-state index contributed by atoms with van der Waals surface area (Å²) >= 11 is 0. The minimum atomic E-state index is -1.36. The second-order valence-electron chi connectivity index (χ2n) is 5.07. The quantitative estimate of drug-likeness (QED) is 0.509. The van der Waals surface area contributed by atoms with E-state index in [0.717, 1.165) is 24.8 Å². The van der Waals surface area contributed by atoms with Crippen molar-refractivity contribution < 1.29 is 5.11 Å².